The van der Waals surface area contributed by atoms with Crippen LogP contribution in [0.3, 0.4) is 0 Å². The van der Waals surface area contributed by atoms with Gasteiger partial charge in [-0.1, -0.05) is 22.6 Å². The molecule has 3 heteroatoms. The molecule has 0 aromatic carbocycles. The highest BCUT2D eigenvalue weighted by molar-refractivity contribution is 14.1. The van der Waals surface area contributed by atoms with Crippen LogP contribution in [-0.4, -0.2) is 30.2 Å². The van der Waals surface area contributed by atoms with E-state index in [1.165, 1.54) is 56.0 Å². The Morgan fingerprint density at radius 2 is 2.07 bits per heavy atom. The van der Waals surface area contributed by atoms with Crippen molar-refractivity contribution in [3.63, 3.8) is 0 Å². The van der Waals surface area contributed by atoms with E-state index in [1.807, 2.05) is 0 Å². The second-order valence-electron chi connectivity index (χ2n) is 3.92. The molecule has 1 saturated heterocycles. The number of hydrogen-bond donors (Lipinski definition) is 1. The average Bonchev–Trinajstić information content (AvgIpc) is 2.69. The van der Waals surface area contributed by atoms with E-state index in [2.05, 4.69) is 27.9 Å². The molecule has 1 fully saturated rings. The predicted octanol–water partition coefficient (Wildman–Crippen LogP) is 2.75. The number of halogens is 1. The second kappa shape index (κ2) is 8.92. The number of alkyl halides is 1. The third-order valence-electron chi connectivity index (χ3n) is 2.64. The van der Waals surface area contributed by atoms with E-state index in [9.17, 15) is 0 Å². The van der Waals surface area contributed by atoms with E-state index < -0.39 is 0 Å². The zero-order chi connectivity index (χ0) is 10.1. The summed E-state index contributed by atoms with van der Waals surface area (Å²) in [6.07, 6.45) is 8.32. The van der Waals surface area contributed by atoms with E-state index in [0.29, 0.717) is 6.10 Å². The van der Waals surface area contributed by atoms with Crippen molar-refractivity contribution in [1.29, 1.82) is 0 Å². The molecule has 0 saturated carbocycles. The summed E-state index contributed by atoms with van der Waals surface area (Å²) in [5, 5.41) is 3.49. The van der Waals surface area contributed by atoms with Gasteiger partial charge in [-0.2, -0.15) is 0 Å². The Morgan fingerprint density at radius 1 is 1.21 bits per heavy atom. The first-order valence-corrected chi connectivity index (χ1v) is 7.34. The maximum Gasteiger partial charge on any atom is 0.0576 e. The van der Waals surface area contributed by atoms with Crippen LogP contribution in [-0.2, 0) is 4.74 Å². The normalized spacial score (nSPS) is 21.6. The fourth-order valence-corrected chi connectivity index (χ4v) is 2.34. The molecule has 0 aromatic rings. The predicted molar refractivity (Wildman–Crippen MR) is 69.2 cm³/mol. The minimum absolute atomic E-state index is 0.575. The molecule has 0 radical (unpaired) electrons. The van der Waals surface area contributed by atoms with Crippen molar-refractivity contribution >= 4 is 22.6 Å². The highest BCUT2D eigenvalue weighted by Gasteiger charge is 2.13. The minimum atomic E-state index is 0.575. The fourth-order valence-electron chi connectivity index (χ4n) is 1.80. The number of hydrogen-bond acceptors (Lipinski definition) is 2. The third kappa shape index (κ3) is 6.19. The quantitative estimate of drug-likeness (QED) is 0.423. The van der Waals surface area contributed by atoms with E-state index in [1.54, 1.807) is 0 Å². The van der Waals surface area contributed by atoms with E-state index in [4.69, 9.17) is 4.74 Å². The molecule has 1 aliphatic heterocycles. The average molecular weight is 311 g/mol. The summed E-state index contributed by atoms with van der Waals surface area (Å²) in [4.78, 5) is 0. The highest BCUT2D eigenvalue weighted by atomic mass is 127. The summed E-state index contributed by atoms with van der Waals surface area (Å²) < 4.78 is 6.86. The van der Waals surface area contributed by atoms with E-state index >= 15 is 0 Å². The van der Waals surface area contributed by atoms with Crippen LogP contribution in [0, 0.1) is 0 Å². The Kier molecular flexibility index (Phi) is 8.10. The van der Waals surface area contributed by atoms with E-state index in [0.717, 1.165) is 6.61 Å². The van der Waals surface area contributed by atoms with Crippen molar-refractivity contribution in [2.75, 3.05) is 24.1 Å². The zero-order valence-corrected chi connectivity index (χ0v) is 11.1. The molecule has 0 bridgehead atoms. The Morgan fingerprint density at radius 3 is 2.79 bits per heavy atom. The first-order chi connectivity index (χ1) is 6.93. The summed E-state index contributed by atoms with van der Waals surface area (Å²) >= 11 is 2.44. The molecule has 1 N–H and O–H groups in total. The van der Waals surface area contributed by atoms with Crippen molar-refractivity contribution in [2.24, 2.45) is 0 Å². The molecule has 1 aliphatic rings. The molecule has 0 aliphatic carbocycles. The Balaban J connectivity index is 1.75. The highest BCUT2D eigenvalue weighted by Crippen LogP contribution is 2.16. The van der Waals surface area contributed by atoms with Gasteiger partial charge in [0.15, 0.2) is 0 Å². The monoisotopic (exact) mass is 311 g/mol. The van der Waals surface area contributed by atoms with Crippen LogP contribution in [0.15, 0.2) is 0 Å². The topological polar surface area (TPSA) is 21.3 Å². The van der Waals surface area contributed by atoms with Crippen LogP contribution in [0.1, 0.15) is 38.5 Å². The van der Waals surface area contributed by atoms with Gasteiger partial charge in [-0.25, -0.2) is 0 Å². The second-order valence-corrected chi connectivity index (χ2v) is 5.00. The third-order valence-corrected chi connectivity index (χ3v) is 3.40. The van der Waals surface area contributed by atoms with Gasteiger partial charge >= 0.3 is 0 Å². The smallest absolute Gasteiger partial charge is 0.0576 e. The lowest BCUT2D eigenvalue weighted by Gasteiger charge is -2.09. The Hall–Kier alpha value is 0.650. The molecule has 1 atom stereocenters. The molecule has 84 valence electrons. The lowest BCUT2D eigenvalue weighted by molar-refractivity contribution is 0.102. The largest absolute Gasteiger partial charge is 0.378 e. The van der Waals surface area contributed by atoms with Crippen LogP contribution in [0.4, 0.5) is 0 Å². The Bertz CT molecular complexity index is 126. The summed E-state index contributed by atoms with van der Waals surface area (Å²) in [7, 11) is 0. The van der Waals surface area contributed by atoms with Crippen LogP contribution < -0.4 is 5.32 Å². The van der Waals surface area contributed by atoms with Gasteiger partial charge in [0.1, 0.15) is 0 Å². The van der Waals surface area contributed by atoms with Crippen molar-refractivity contribution in [2.45, 2.75) is 44.6 Å². The maximum absolute atomic E-state index is 5.57. The molecular weight excluding hydrogens is 289 g/mol. The molecule has 0 aromatic heterocycles. The van der Waals surface area contributed by atoms with Crippen LogP contribution in [0.25, 0.3) is 0 Å². The number of rotatable bonds is 8. The van der Waals surface area contributed by atoms with Gasteiger partial charge in [0, 0.05) is 6.61 Å². The Labute approximate surface area is 101 Å². The molecule has 0 spiro atoms. The standard InChI is InChI=1S/C11H22INO/c12-7-1-2-8-13-9-3-5-11-6-4-10-14-11/h11,13H,1-10H2. The van der Waals surface area contributed by atoms with Crippen molar-refractivity contribution < 1.29 is 4.74 Å². The number of ether oxygens (including phenoxy) is 1. The summed E-state index contributed by atoms with van der Waals surface area (Å²) in [6.45, 7) is 3.35. The van der Waals surface area contributed by atoms with Gasteiger partial charge in [-0.05, 0) is 56.0 Å². The van der Waals surface area contributed by atoms with E-state index in [-0.39, 0.29) is 0 Å². The molecule has 0 amide bonds. The molecule has 14 heavy (non-hydrogen) atoms. The fraction of sp³-hybridized carbons (Fsp3) is 1.00. The molecule has 1 unspecified atom stereocenters. The summed E-state index contributed by atoms with van der Waals surface area (Å²) in [6, 6.07) is 0. The zero-order valence-electron chi connectivity index (χ0n) is 8.93. The molecular formula is C11H22INO. The maximum atomic E-state index is 5.57. The van der Waals surface area contributed by atoms with Crippen LogP contribution >= 0.6 is 22.6 Å². The minimum Gasteiger partial charge on any atom is -0.378 e. The number of nitrogens with one attached hydrogen (secondary N) is 1. The summed E-state index contributed by atoms with van der Waals surface area (Å²) in [5.41, 5.74) is 0. The van der Waals surface area contributed by atoms with Crippen molar-refractivity contribution in [3.05, 3.63) is 0 Å². The molecule has 2 nitrogen and oxygen atoms in total. The van der Waals surface area contributed by atoms with Gasteiger partial charge in [0.25, 0.3) is 0 Å². The van der Waals surface area contributed by atoms with Gasteiger partial charge in [-0.3, -0.25) is 0 Å². The van der Waals surface area contributed by atoms with Crippen molar-refractivity contribution in [1.82, 2.24) is 5.32 Å². The summed E-state index contributed by atoms with van der Waals surface area (Å²) in [5.74, 6) is 0. The van der Waals surface area contributed by atoms with Gasteiger partial charge in [-0.15, -0.1) is 0 Å². The lowest BCUT2D eigenvalue weighted by atomic mass is 10.1. The first kappa shape index (κ1) is 12.7. The molecule has 1 rings (SSSR count). The van der Waals surface area contributed by atoms with Gasteiger partial charge in [0.05, 0.1) is 6.10 Å². The number of unbranched alkanes of at least 4 members (excludes halogenated alkanes) is 1. The lowest BCUT2D eigenvalue weighted by Crippen LogP contribution is -2.18. The van der Waals surface area contributed by atoms with Crippen LogP contribution in [0.5, 0.6) is 0 Å². The van der Waals surface area contributed by atoms with Crippen LogP contribution in [0.2, 0.25) is 0 Å². The SMILES string of the molecule is ICCCCNCCCC1CCCO1. The first-order valence-electron chi connectivity index (χ1n) is 5.82. The van der Waals surface area contributed by atoms with Gasteiger partial charge < -0.3 is 10.1 Å². The van der Waals surface area contributed by atoms with Gasteiger partial charge in [0.2, 0.25) is 0 Å². The molecule has 1 heterocycles. The van der Waals surface area contributed by atoms with Crippen molar-refractivity contribution in [3.8, 4) is 0 Å².